The largest absolute Gasteiger partial charge is 0.337 e. The number of halogens is 1. The van der Waals surface area contributed by atoms with Crippen molar-refractivity contribution in [3.8, 4) is 11.1 Å². The van der Waals surface area contributed by atoms with Crippen molar-refractivity contribution < 1.29 is 4.79 Å². The zero-order valence-corrected chi connectivity index (χ0v) is 21.5. The van der Waals surface area contributed by atoms with Crippen molar-refractivity contribution in [3.63, 3.8) is 0 Å². The first-order chi connectivity index (χ1) is 17.2. The minimum absolute atomic E-state index is 0.0780. The van der Waals surface area contributed by atoms with Gasteiger partial charge in [0.25, 0.3) is 5.56 Å². The number of hydrogen-bond acceptors (Lipinski definition) is 6. The smallest absolute Gasteiger partial charge is 0.274 e. The first-order valence-corrected chi connectivity index (χ1v) is 12.3. The molecule has 5 rings (SSSR count). The van der Waals surface area contributed by atoms with E-state index in [1.807, 2.05) is 53.8 Å². The molecule has 10 heteroatoms. The normalized spacial score (nSPS) is 16.1. The quantitative estimate of drug-likeness (QED) is 0.423. The Labute approximate surface area is 213 Å². The summed E-state index contributed by atoms with van der Waals surface area (Å²) in [5, 5.41) is 1.19. The van der Waals surface area contributed by atoms with Crippen molar-refractivity contribution in [1.29, 1.82) is 0 Å². The maximum atomic E-state index is 12.9. The van der Waals surface area contributed by atoms with Crippen LogP contribution in [0.3, 0.4) is 0 Å². The van der Waals surface area contributed by atoms with Crippen LogP contribution in [0.1, 0.15) is 25.2 Å². The molecule has 1 saturated heterocycles. The highest BCUT2D eigenvalue weighted by Gasteiger charge is 2.26. The number of rotatable bonds is 4. The van der Waals surface area contributed by atoms with Gasteiger partial charge in [-0.3, -0.25) is 23.9 Å². The number of aryl methyl sites for hydroxylation is 1. The number of fused-ring (bicyclic) bond motifs is 1. The summed E-state index contributed by atoms with van der Waals surface area (Å²) < 4.78 is 3.48. The lowest BCUT2D eigenvalue weighted by molar-refractivity contribution is -0.131. The Morgan fingerprint density at radius 3 is 2.56 bits per heavy atom. The highest BCUT2D eigenvalue weighted by Crippen LogP contribution is 2.25. The van der Waals surface area contributed by atoms with Gasteiger partial charge in [-0.25, -0.2) is 9.97 Å². The van der Waals surface area contributed by atoms with Crippen molar-refractivity contribution in [2.24, 2.45) is 7.05 Å². The van der Waals surface area contributed by atoms with Crippen LogP contribution in [0.15, 0.2) is 47.5 Å². The maximum Gasteiger partial charge on any atom is 0.274 e. The van der Waals surface area contributed by atoms with Crippen LogP contribution in [-0.2, 0) is 18.4 Å². The van der Waals surface area contributed by atoms with E-state index in [4.69, 9.17) is 11.6 Å². The third-order valence-corrected chi connectivity index (χ3v) is 7.15. The second kappa shape index (κ2) is 9.39. The number of nitrogens with zero attached hydrogens (tertiary/aromatic N) is 7. The summed E-state index contributed by atoms with van der Waals surface area (Å²) >= 11 is 6.39. The Bertz CT molecular complexity index is 1510. The van der Waals surface area contributed by atoms with Gasteiger partial charge in [0.1, 0.15) is 0 Å². The molecule has 1 fully saturated rings. The van der Waals surface area contributed by atoms with Crippen molar-refractivity contribution in [3.05, 3.63) is 69.5 Å². The molecule has 1 atom stereocenters. The van der Waals surface area contributed by atoms with E-state index in [2.05, 4.69) is 19.9 Å². The summed E-state index contributed by atoms with van der Waals surface area (Å²) in [4.78, 5) is 42.4. The maximum absolute atomic E-state index is 12.9. The number of hydrogen-bond donors (Lipinski definition) is 0. The van der Waals surface area contributed by atoms with Crippen LogP contribution in [0, 0.1) is 6.92 Å². The fourth-order valence-corrected chi connectivity index (χ4v) is 4.99. The molecule has 36 heavy (non-hydrogen) atoms. The first-order valence-electron chi connectivity index (χ1n) is 11.9. The van der Waals surface area contributed by atoms with Gasteiger partial charge in [0.05, 0.1) is 28.2 Å². The van der Waals surface area contributed by atoms with E-state index in [0.29, 0.717) is 48.2 Å². The molecule has 9 nitrogen and oxygen atoms in total. The van der Waals surface area contributed by atoms with E-state index in [1.165, 1.54) is 0 Å². The molecule has 4 heterocycles. The fourth-order valence-electron chi connectivity index (χ4n) is 4.83. The third kappa shape index (κ3) is 4.35. The van der Waals surface area contributed by atoms with Crippen LogP contribution >= 0.6 is 11.6 Å². The van der Waals surface area contributed by atoms with Gasteiger partial charge in [0.15, 0.2) is 0 Å². The zero-order valence-electron chi connectivity index (χ0n) is 20.8. The summed E-state index contributed by atoms with van der Waals surface area (Å²) in [7, 11) is 1.75. The number of carbonyl (C=O) groups is 1. The third-order valence-electron chi connectivity index (χ3n) is 6.81. The number of benzene rings is 1. The molecule has 0 bridgehead atoms. The van der Waals surface area contributed by atoms with Gasteiger partial charge in [-0.05, 0) is 43.7 Å². The average Bonchev–Trinajstić information content (AvgIpc) is 3.10. The number of carbonyl (C=O) groups excluding carboxylic acids is 1. The molecule has 0 N–H and O–H groups in total. The molecule has 1 aromatic carbocycles. The fraction of sp³-hybridized carbons (Fsp3) is 0.346. The van der Waals surface area contributed by atoms with Gasteiger partial charge >= 0.3 is 0 Å². The van der Waals surface area contributed by atoms with E-state index in [0.717, 1.165) is 22.3 Å². The minimum Gasteiger partial charge on any atom is -0.337 e. The van der Waals surface area contributed by atoms with Crippen molar-refractivity contribution in [2.75, 3.05) is 24.5 Å². The van der Waals surface area contributed by atoms with Gasteiger partial charge < -0.3 is 9.80 Å². The number of pyridine rings is 1. The molecule has 0 spiro atoms. The van der Waals surface area contributed by atoms with Gasteiger partial charge in [-0.2, -0.15) is 0 Å². The van der Waals surface area contributed by atoms with Crippen molar-refractivity contribution in [1.82, 2.24) is 29.2 Å². The SMILES string of the molecule is CC(=O)N1CCN(c2ncc(-c3ccc4c(=O)n(C)n(Cc5nc(C)ccc5Cl)c4c3)cn2)C[C@H]1C. The molecule has 0 unspecified atom stereocenters. The Kier molecular flexibility index (Phi) is 6.26. The summed E-state index contributed by atoms with van der Waals surface area (Å²) in [6, 6.07) is 9.53. The molecule has 1 aliphatic rings. The molecular weight excluding hydrogens is 478 g/mol. The van der Waals surface area contributed by atoms with Crippen LogP contribution < -0.4 is 10.5 Å². The lowest BCUT2D eigenvalue weighted by Gasteiger charge is -2.39. The van der Waals surface area contributed by atoms with Gasteiger partial charge in [-0.1, -0.05) is 17.7 Å². The Morgan fingerprint density at radius 1 is 1.11 bits per heavy atom. The van der Waals surface area contributed by atoms with Crippen LogP contribution in [-0.4, -0.2) is 60.8 Å². The van der Waals surface area contributed by atoms with Gasteiger partial charge in [0.2, 0.25) is 11.9 Å². The topological polar surface area (TPSA) is 89.2 Å². The number of aromatic nitrogens is 5. The van der Waals surface area contributed by atoms with E-state index < -0.39 is 0 Å². The van der Waals surface area contributed by atoms with E-state index in [1.54, 1.807) is 31.0 Å². The highest BCUT2D eigenvalue weighted by atomic mass is 35.5. The standard InChI is InChI=1S/C26H28ClN7O2/c1-16-5-8-22(27)23(30-16)15-34-24-11-19(6-7-21(24)25(36)31(34)4)20-12-28-26(29-13-20)32-9-10-33(18(3)35)17(2)14-32/h5-8,11-13,17H,9-10,14-15H2,1-4H3/t17-/m1/s1. The molecule has 0 aliphatic carbocycles. The predicted octanol–water partition coefficient (Wildman–Crippen LogP) is 3.26. The molecule has 4 aromatic rings. The first kappa shape index (κ1) is 24.0. The van der Waals surface area contributed by atoms with E-state index in [9.17, 15) is 9.59 Å². The molecule has 186 valence electrons. The summed E-state index contributed by atoms with van der Waals surface area (Å²) in [5.41, 5.74) is 4.05. The lowest BCUT2D eigenvalue weighted by Crippen LogP contribution is -2.53. The van der Waals surface area contributed by atoms with Gasteiger partial charge in [-0.15, -0.1) is 0 Å². The Balaban J connectivity index is 1.45. The van der Waals surface area contributed by atoms with Crippen LogP contribution in [0.25, 0.3) is 22.0 Å². The molecule has 1 amide bonds. The average molecular weight is 506 g/mol. The van der Waals surface area contributed by atoms with Gasteiger partial charge in [0, 0.05) is 63.3 Å². The Morgan fingerprint density at radius 2 is 1.86 bits per heavy atom. The number of anilines is 1. The predicted molar refractivity (Wildman–Crippen MR) is 140 cm³/mol. The second-order valence-corrected chi connectivity index (χ2v) is 9.69. The Hall–Kier alpha value is -3.72. The van der Waals surface area contributed by atoms with E-state index in [-0.39, 0.29) is 17.5 Å². The minimum atomic E-state index is -0.0780. The molecule has 0 radical (unpaired) electrons. The van der Waals surface area contributed by atoms with E-state index >= 15 is 0 Å². The molecule has 3 aromatic heterocycles. The number of amides is 1. The van der Waals surface area contributed by atoms with Crippen molar-refractivity contribution >= 4 is 34.4 Å². The van der Waals surface area contributed by atoms with Crippen LogP contribution in [0.2, 0.25) is 5.02 Å². The van der Waals surface area contributed by atoms with Crippen LogP contribution in [0.4, 0.5) is 5.95 Å². The number of piperazine rings is 1. The zero-order chi connectivity index (χ0) is 25.6. The summed E-state index contributed by atoms with van der Waals surface area (Å²) in [6.07, 6.45) is 3.60. The molecule has 0 saturated carbocycles. The molecule has 1 aliphatic heterocycles. The lowest BCUT2D eigenvalue weighted by atomic mass is 10.1. The highest BCUT2D eigenvalue weighted by molar-refractivity contribution is 6.31. The van der Waals surface area contributed by atoms with Crippen LogP contribution in [0.5, 0.6) is 0 Å². The van der Waals surface area contributed by atoms with Crippen molar-refractivity contribution in [2.45, 2.75) is 33.4 Å². The second-order valence-electron chi connectivity index (χ2n) is 9.28. The molecular formula is C26H28ClN7O2. The summed E-state index contributed by atoms with van der Waals surface area (Å²) in [6.45, 7) is 7.97. The summed E-state index contributed by atoms with van der Waals surface area (Å²) in [5.74, 6) is 0.736. The monoisotopic (exact) mass is 505 g/mol.